The second-order valence-corrected chi connectivity index (χ2v) is 5.40. The van der Waals surface area contributed by atoms with Crippen molar-refractivity contribution in [3.63, 3.8) is 0 Å². The first-order valence-corrected chi connectivity index (χ1v) is 7.46. The molecule has 126 valence electrons. The number of H-pyrrole nitrogens is 1. The van der Waals surface area contributed by atoms with E-state index in [-0.39, 0.29) is 5.56 Å². The summed E-state index contributed by atoms with van der Waals surface area (Å²) in [6.07, 6.45) is 6.12. The smallest absolute Gasteiger partial charge is 0.198 e. The van der Waals surface area contributed by atoms with Crippen LogP contribution < -0.4 is 11.5 Å². The molecule has 2 heterocycles. The molecule has 0 aliphatic rings. The quantitative estimate of drug-likeness (QED) is 0.386. The van der Waals surface area contributed by atoms with E-state index in [0.717, 1.165) is 0 Å². The molecular formula is C18H16FN5O. The van der Waals surface area contributed by atoms with E-state index in [0.29, 0.717) is 33.4 Å². The maximum absolute atomic E-state index is 14.0. The monoisotopic (exact) mass is 337 g/mol. The first-order valence-electron chi connectivity index (χ1n) is 7.46. The third-order valence-electron chi connectivity index (χ3n) is 3.79. The Morgan fingerprint density at radius 2 is 2.12 bits per heavy atom. The van der Waals surface area contributed by atoms with Crippen molar-refractivity contribution in [1.82, 2.24) is 9.97 Å². The number of anilines is 1. The van der Waals surface area contributed by atoms with Gasteiger partial charge in [-0.2, -0.15) is 0 Å². The molecule has 2 aromatic heterocycles. The van der Waals surface area contributed by atoms with Gasteiger partial charge in [0.05, 0.1) is 5.56 Å². The minimum Gasteiger partial charge on any atom is -0.404 e. The molecule has 0 bridgehead atoms. The molecule has 0 aliphatic heterocycles. The lowest BCUT2D eigenvalue weighted by Gasteiger charge is -2.05. The number of nitrogens with zero attached hydrogens (tertiary/aromatic N) is 2. The summed E-state index contributed by atoms with van der Waals surface area (Å²) < 4.78 is 14.0. The second-order valence-electron chi connectivity index (χ2n) is 5.40. The number of aromatic nitrogens is 2. The van der Waals surface area contributed by atoms with Crippen LogP contribution in [0.2, 0.25) is 0 Å². The molecule has 0 atom stereocenters. The Hall–Kier alpha value is -3.48. The van der Waals surface area contributed by atoms with E-state index in [1.165, 1.54) is 30.6 Å². The number of aliphatic imine (C=N–C) groups is 1. The van der Waals surface area contributed by atoms with E-state index in [4.69, 9.17) is 11.5 Å². The third kappa shape index (κ3) is 2.99. The number of hydrogen-bond donors (Lipinski definition) is 3. The first kappa shape index (κ1) is 16.4. The number of nitrogen functional groups attached to an aromatic ring is 1. The van der Waals surface area contributed by atoms with Crippen LogP contribution in [0.1, 0.15) is 21.5 Å². The minimum atomic E-state index is -0.627. The van der Waals surface area contributed by atoms with Crippen LogP contribution in [0.3, 0.4) is 0 Å². The SMILES string of the molecule is CN=CC(=CN)c1cnc2[nH]cc(C(=O)c3cc(N)ccc3F)c2c1. The number of benzene rings is 1. The van der Waals surface area contributed by atoms with Crippen molar-refractivity contribution in [3.8, 4) is 0 Å². The lowest BCUT2D eigenvalue weighted by molar-refractivity contribution is 0.103. The predicted octanol–water partition coefficient (Wildman–Crippen LogP) is 2.52. The van der Waals surface area contributed by atoms with Crippen LogP contribution in [-0.2, 0) is 0 Å². The number of allylic oxidation sites excluding steroid dienone is 1. The van der Waals surface area contributed by atoms with Crippen LogP contribution in [0, 0.1) is 5.82 Å². The summed E-state index contributed by atoms with van der Waals surface area (Å²) in [5, 5.41) is 0.563. The Labute approximate surface area is 143 Å². The molecule has 0 spiro atoms. The van der Waals surface area contributed by atoms with Crippen LogP contribution in [0.5, 0.6) is 0 Å². The lowest BCUT2D eigenvalue weighted by Crippen LogP contribution is -2.05. The van der Waals surface area contributed by atoms with E-state index in [9.17, 15) is 9.18 Å². The summed E-state index contributed by atoms with van der Waals surface area (Å²) in [7, 11) is 1.63. The van der Waals surface area contributed by atoms with Crippen molar-refractivity contribution in [2.45, 2.75) is 0 Å². The van der Waals surface area contributed by atoms with E-state index in [1.54, 1.807) is 25.5 Å². The molecule has 0 radical (unpaired) electrons. The van der Waals surface area contributed by atoms with Crippen molar-refractivity contribution in [1.29, 1.82) is 0 Å². The fourth-order valence-electron chi connectivity index (χ4n) is 2.56. The summed E-state index contributed by atoms with van der Waals surface area (Å²) in [6, 6.07) is 5.66. The van der Waals surface area contributed by atoms with Gasteiger partial charge >= 0.3 is 0 Å². The Morgan fingerprint density at radius 1 is 1.32 bits per heavy atom. The van der Waals surface area contributed by atoms with Gasteiger partial charge < -0.3 is 16.5 Å². The molecule has 0 fully saturated rings. The number of nitrogens with two attached hydrogens (primary N) is 2. The fourth-order valence-corrected chi connectivity index (χ4v) is 2.56. The highest BCUT2D eigenvalue weighted by Crippen LogP contribution is 2.25. The number of halogens is 1. The van der Waals surface area contributed by atoms with Gasteiger partial charge in [-0.3, -0.25) is 9.79 Å². The summed E-state index contributed by atoms with van der Waals surface area (Å²) >= 11 is 0. The Morgan fingerprint density at radius 3 is 2.84 bits per heavy atom. The fraction of sp³-hybridized carbons (Fsp3) is 0.0556. The summed E-state index contributed by atoms with van der Waals surface area (Å²) in [5.74, 6) is -1.10. The van der Waals surface area contributed by atoms with Crippen LogP contribution >= 0.6 is 0 Å². The number of carbonyl (C=O) groups is 1. The predicted molar refractivity (Wildman–Crippen MR) is 96.9 cm³/mol. The topological polar surface area (TPSA) is 110 Å². The molecule has 25 heavy (non-hydrogen) atoms. The van der Waals surface area contributed by atoms with Crippen LogP contribution in [-0.4, -0.2) is 29.0 Å². The highest BCUT2D eigenvalue weighted by Gasteiger charge is 2.19. The van der Waals surface area contributed by atoms with Gasteiger partial charge in [0.15, 0.2) is 5.78 Å². The molecule has 5 N–H and O–H groups in total. The van der Waals surface area contributed by atoms with E-state index in [2.05, 4.69) is 15.0 Å². The van der Waals surface area contributed by atoms with Crippen molar-refractivity contribution in [2.24, 2.45) is 10.7 Å². The molecule has 1 aromatic carbocycles. The van der Waals surface area contributed by atoms with Crippen molar-refractivity contribution >= 4 is 34.3 Å². The zero-order chi connectivity index (χ0) is 18.0. The lowest BCUT2D eigenvalue weighted by atomic mass is 10.0. The number of carbonyl (C=O) groups excluding carboxylic acids is 1. The molecular weight excluding hydrogens is 321 g/mol. The van der Waals surface area contributed by atoms with Crippen LogP contribution in [0.25, 0.3) is 16.6 Å². The second kappa shape index (κ2) is 6.56. The van der Waals surface area contributed by atoms with Crippen molar-refractivity contribution in [2.75, 3.05) is 12.8 Å². The molecule has 0 saturated heterocycles. The zero-order valence-electron chi connectivity index (χ0n) is 13.5. The number of ketones is 1. The number of nitrogens with one attached hydrogen (secondary N) is 1. The average molecular weight is 337 g/mol. The summed E-state index contributed by atoms with van der Waals surface area (Å²) in [4.78, 5) is 23.9. The summed E-state index contributed by atoms with van der Waals surface area (Å²) in [5.41, 5.74) is 13.7. The standard InChI is InChI=1S/C18H16FN5O/c1-22-7-11(6-20)10-4-13-15(9-24-18(13)23-8-10)17(25)14-5-12(21)2-3-16(14)19/h2-9H,20-21H2,1H3,(H,23,24). The number of aromatic amines is 1. The van der Waals surface area contributed by atoms with Gasteiger partial charge in [-0.05, 0) is 24.3 Å². The number of hydrogen-bond acceptors (Lipinski definition) is 5. The van der Waals surface area contributed by atoms with E-state index in [1.807, 2.05) is 0 Å². The number of rotatable bonds is 4. The zero-order valence-corrected chi connectivity index (χ0v) is 13.5. The van der Waals surface area contributed by atoms with Gasteiger partial charge in [0.1, 0.15) is 11.5 Å². The van der Waals surface area contributed by atoms with Crippen molar-refractivity contribution in [3.05, 3.63) is 65.4 Å². The maximum atomic E-state index is 14.0. The third-order valence-corrected chi connectivity index (χ3v) is 3.79. The summed E-state index contributed by atoms with van der Waals surface area (Å²) in [6.45, 7) is 0. The van der Waals surface area contributed by atoms with Crippen LogP contribution in [0.4, 0.5) is 10.1 Å². The Kier molecular flexibility index (Phi) is 4.30. The molecule has 0 unspecified atom stereocenters. The van der Waals surface area contributed by atoms with Gasteiger partial charge in [-0.1, -0.05) is 0 Å². The first-order chi connectivity index (χ1) is 12.0. The van der Waals surface area contributed by atoms with E-state index < -0.39 is 11.6 Å². The van der Waals surface area contributed by atoms with Gasteiger partial charge in [0, 0.05) is 59.6 Å². The molecule has 0 saturated carbocycles. The largest absolute Gasteiger partial charge is 0.404 e. The van der Waals surface area contributed by atoms with Gasteiger partial charge in [-0.25, -0.2) is 9.37 Å². The highest BCUT2D eigenvalue weighted by molar-refractivity contribution is 6.17. The van der Waals surface area contributed by atoms with Gasteiger partial charge in [0.2, 0.25) is 0 Å². The molecule has 0 amide bonds. The molecule has 3 aromatic rings. The molecule has 3 rings (SSSR count). The maximum Gasteiger partial charge on any atom is 0.198 e. The van der Waals surface area contributed by atoms with Gasteiger partial charge in [0.25, 0.3) is 0 Å². The Bertz CT molecular complexity index is 1020. The van der Waals surface area contributed by atoms with Crippen LogP contribution in [0.15, 0.2) is 47.9 Å². The molecule has 6 nitrogen and oxygen atoms in total. The normalized spacial score (nSPS) is 12.2. The van der Waals surface area contributed by atoms with E-state index >= 15 is 0 Å². The minimum absolute atomic E-state index is 0.0870. The Balaban J connectivity index is 2.14. The average Bonchev–Trinajstić information content (AvgIpc) is 3.04. The van der Waals surface area contributed by atoms with Crippen molar-refractivity contribution < 1.29 is 9.18 Å². The number of fused-ring (bicyclic) bond motifs is 1. The highest BCUT2D eigenvalue weighted by atomic mass is 19.1. The molecule has 7 heteroatoms. The molecule has 0 aliphatic carbocycles. The number of pyridine rings is 1. The van der Waals surface area contributed by atoms with Gasteiger partial charge in [-0.15, -0.1) is 0 Å².